The second-order valence-corrected chi connectivity index (χ2v) is 7.28. The molecular formula is C19H33N5O2. The minimum atomic E-state index is -0.527. The van der Waals surface area contributed by atoms with Crippen LogP contribution in [0.25, 0.3) is 0 Å². The van der Waals surface area contributed by atoms with E-state index in [-0.39, 0.29) is 5.91 Å². The predicted molar refractivity (Wildman–Crippen MR) is 101 cm³/mol. The van der Waals surface area contributed by atoms with Crippen LogP contribution in [0.15, 0.2) is 18.5 Å². The summed E-state index contributed by atoms with van der Waals surface area (Å²) in [6, 6.07) is 2.32. The highest BCUT2D eigenvalue weighted by Gasteiger charge is 2.45. The average molecular weight is 364 g/mol. The molecule has 0 spiro atoms. The van der Waals surface area contributed by atoms with E-state index in [0.717, 1.165) is 71.7 Å². The maximum absolute atomic E-state index is 13.6. The van der Waals surface area contributed by atoms with Gasteiger partial charge in [-0.15, -0.1) is 0 Å². The van der Waals surface area contributed by atoms with E-state index in [1.54, 1.807) is 6.20 Å². The van der Waals surface area contributed by atoms with Crippen LogP contribution in [-0.2, 0) is 15.1 Å². The number of aromatic nitrogens is 2. The zero-order chi connectivity index (χ0) is 18.4. The third-order valence-electron chi connectivity index (χ3n) is 5.86. The van der Waals surface area contributed by atoms with Crippen LogP contribution in [0.5, 0.6) is 0 Å². The van der Waals surface area contributed by atoms with E-state index in [2.05, 4.69) is 27.1 Å². The molecule has 2 aliphatic heterocycles. The predicted octanol–water partition coefficient (Wildman–Crippen LogP) is 0.921. The Bertz CT molecular complexity index is 556. The van der Waals surface area contributed by atoms with Crippen molar-refractivity contribution in [3.05, 3.63) is 18.5 Å². The number of hydrogen-bond acceptors (Lipinski definition) is 5. The summed E-state index contributed by atoms with van der Waals surface area (Å²) in [5.74, 6) is 0.241. The minimum absolute atomic E-state index is 0.241. The van der Waals surface area contributed by atoms with Crippen LogP contribution in [0.1, 0.15) is 33.1 Å². The third kappa shape index (κ3) is 3.94. The van der Waals surface area contributed by atoms with Gasteiger partial charge in [0.2, 0.25) is 0 Å². The molecule has 7 nitrogen and oxygen atoms in total. The zero-order valence-electron chi connectivity index (χ0n) is 16.2. The normalized spacial score (nSPS) is 23.9. The number of nitrogens with zero attached hydrogens (tertiary/aromatic N) is 4. The van der Waals surface area contributed by atoms with E-state index in [0.29, 0.717) is 6.04 Å². The van der Waals surface area contributed by atoms with Gasteiger partial charge in [-0.25, -0.2) is 0 Å². The lowest BCUT2D eigenvalue weighted by atomic mass is 9.86. The molecule has 2 fully saturated rings. The molecule has 146 valence electrons. The topological polar surface area (TPSA) is 62.6 Å². The molecule has 26 heavy (non-hydrogen) atoms. The molecule has 2 aliphatic rings. The SMILES string of the molecule is CCOCCN1CCN(C(=O)C2(n3cccn3)CCNCC2)CC1CC. The molecule has 0 radical (unpaired) electrons. The number of ether oxygens (including phenoxy) is 1. The van der Waals surface area contributed by atoms with Crippen molar-refractivity contribution in [2.24, 2.45) is 0 Å². The van der Waals surface area contributed by atoms with Crippen LogP contribution in [0.2, 0.25) is 0 Å². The summed E-state index contributed by atoms with van der Waals surface area (Å²) in [5.41, 5.74) is -0.527. The van der Waals surface area contributed by atoms with Gasteiger partial charge in [0.25, 0.3) is 5.91 Å². The largest absolute Gasteiger partial charge is 0.380 e. The molecule has 0 aliphatic carbocycles. The van der Waals surface area contributed by atoms with Crippen molar-refractivity contribution in [1.29, 1.82) is 0 Å². The van der Waals surface area contributed by atoms with Crippen molar-refractivity contribution >= 4 is 5.91 Å². The molecule has 1 atom stereocenters. The molecule has 1 N–H and O–H groups in total. The quantitative estimate of drug-likeness (QED) is 0.730. The van der Waals surface area contributed by atoms with Gasteiger partial charge in [0.05, 0.1) is 6.61 Å². The average Bonchev–Trinajstić information content (AvgIpc) is 3.23. The van der Waals surface area contributed by atoms with Crippen LogP contribution < -0.4 is 5.32 Å². The van der Waals surface area contributed by atoms with E-state index in [4.69, 9.17) is 4.74 Å². The van der Waals surface area contributed by atoms with Gasteiger partial charge in [-0.3, -0.25) is 14.4 Å². The fourth-order valence-corrected chi connectivity index (χ4v) is 4.28. The van der Waals surface area contributed by atoms with Gasteiger partial charge in [-0.1, -0.05) is 6.92 Å². The number of piperazine rings is 1. The molecule has 0 saturated carbocycles. The first-order valence-corrected chi connectivity index (χ1v) is 10.0. The highest BCUT2D eigenvalue weighted by molar-refractivity contribution is 5.85. The summed E-state index contributed by atoms with van der Waals surface area (Å²) in [6.45, 7) is 10.9. The Morgan fingerprint density at radius 2 is 2.12 bits per heavy atom. The second-order valence-electron chi connectivity index (χ2n) is 7.28. The summed E-state index contributed by atoms with van der Waals surface area (Å²) in [7, 11) is 0. The van der Waals surface area contributed by atoms with E-state index in [1.165, 1.54) is 0 Å². The number of rotatable bonds is 7. The van der Waals surface area contributed by atoms with Crippen LogP contribution in [0, 0.1) is 0 Å². The van der Waals surface area contributed by atoms with E-state index in [1.807, 2.05) is 23.9 Å². The molecule has 1 amide bonds. The number of nitrogens with one attached hydrogen (secondary N) is 1. The van der Waals surface area contributed by atoms with E-state index < -0.39 is 5.54 Å². The second kappa shape index (κ2) is 8.97. The van der Waals surface area contributed by atoms with Gasteiger partial charge < -0.3 is 15.0 Å². The monoisotopic (exact) mass is 363 g/mol. The highest BCUT2D eigenvalue weighted by Crippen LogP contribution is 2.30. The highest BCUT2D eigenvalue weighted by atomic mass is 16.5. The molecule has 3 heterocycles. The first-order valence-electron chi connectivity index (χ1n) is 10.0. The molecule has 1 aromatic rings. The first kappa shape index (κ1) is 19.3. The Labute approximate surface area is 156 Å². The van der Waals surface area contributed by atoms with Gasteiger partial charge in [0.15, 0.2) is 0 Å². The Morgan fingerprint density at radius 3 is 2.77 bits per heavy atom. The lowest BCUT2D eigenvalue weighted by molar-refractivity contribution is -0.146. The Morgan fingerprint density at radius 1 is 1.31 bits per heavy atom. The van der Waals surface area contributed by atoms with Crippen molar-refractivity contribution in [2.75, 3.05) is 52.5 Å². The minimum Gasteiger partial charge on any atom is -0.380 e. The van der Waals surface area contributed by atoms with Crippen molar-refractivity contribution in [2.45, 2.75) is 44.7 Å². The lowest BCUT2D eigenvalue weighted by Crippen LogP contribution is -2.61. The van der Waals surface area contributed by atoms with Crippen LogP contribution in [0.3, 0.4) is 0 Å². The van der Waals surface area contributed by atoms with Crippen LogP contribution in [0.4, 0.5) is 0 Å². The zero-order valence-corrected chi connectivity index (χ0v) is 16.2. The fourth-order valence-electron chi connectivity index (χ4n) is 4.28. The van der Waals surface area contributed by atoms with Crippen molar-refractivity contribution < 1.29 is 9.53 Å². The number of piperidine rings is 1. The van der Waals surface area contributed by atoms with Crippen molar-refractivity contribution in [1.82, 2.24) is 24.9 Å². The van der Waals surface area contributed by atoms with Crippen LogP contribution >= 0.6 is 0 Å². The Kier molecular flexibility index (Phi) is 6.67. The molecule has 2 saturated heterocycles. The summed E-state index contributed by atoms with van der Waals surface area (Å²) >= 11 is 0. The van der Waals surface area contributed by atoms with Gasteiger partial charge in [0.1, 0.15) is 5.54 Å². The smallest absolute Gasteiger partial charge is 0.250 e. The lowest BCUT2D eigenvalue weighted by Gasteiger charge is -2.46. The number of hydrogen-bond donors (Lipinski definition) is 1. The summed E-state index contributed by atoms with van der Waals surface area (Å²) in [6.07, 6.45) is 6.37. The third-order valence-corrected chi connectivity index (χ3v) is 5.86. The molecule has 1 aromatic heterocycles. The fraction of sp³-hybridized carbons (Fsp3) is 0.789. The Balaban J connectivity index is 1.70. The van der Waals surface area contributed by atoms with Gasteiger partial charge in [-0.05, 0) is 45.3 Å². The summed E-state index contributed by atoms with van der Waals surface area (Å²) in [4.78, 5) is 18.2. The molecule has 3 rings (SSSR count). The number of carbonyl (C=O) groups excluding carboxylic acids is 1. The maximum atomic E-state index is 13.6. The molecular weight excluding hydrogens is 330 g/mol. The van der Waals surface area contributed by atoms with Gasteiger partial charge in [0, 0.05) is 51.2 Å². The Hall–Kier alpha value is -1.44. The molecule has 0 aromatic carbocycles. The molecule has 0 bridgehead atoms. The van der Waals surface area contributed by atoms with Gasteiger partial charge in [-0.2, -0.15) is 5.10 Å². The van der Waals surface area contributed by atoms with Crippen LogP contribution in [-0.4, -0.2) is 84.0 Å². The van der Waals surface area contributed by atoms with E-state index >= 15 is 0 Å². The number of carbonyl (C=O) groups is 1. The van der Waals surface area contributed by atoms with E-state index in [9.17, 15) is 4.79 Å². The first-order chi connectivity index (χ1) is 12.7. The maximum Gasteiger partial charge on any atom is 0.250 e. The molecule has 7 heteroatoms. The van der Waals surface area contributed by atoms with Gasteiger partial charge >= 0.3 is 0 Å². The summed E-state index contributed by atoms with van der Waals surface area (Å²) < 4.78 is 7.42. The van der Waals surface area contributed by atoms with Crippen molar-refractivity contribution in [3.8, 4) is 0 Å². The molecule has 1 unspecified atom stereocenters. The summed E-state index contributed by atoms with van der Waals surface area (Å²) in [5, 5.41) is 7.83. The van der Waals surface area contributed by atoms with Crippen molar-refractivity contribution in [3.63, 3.8) is 0 Å². The number of amides is 1. The standard InChI is InChI=1S/C19H33N5O2/c1-3-17-16-23(13-12-22(17)14-15-26-4-2)18(25)19(6-9-20-10-7-19)24-11-5-8-21-24/h5,8,11,17,20H,3-4,6-7,9-10,12-16H2,1-2H3.